The van der Waals surface area contributed by atoms with Crippen molar-refractivity contribution in [2.75, 3.05) is 12.3 Å². The molecule has 2 aromatic heterocycles. The van der Waals surface area contributed by atoms with Crippen LogP contribution >= 0.6 is 11.3 Å². The molecule has 0 aliphatic carbocycles. The minimum Gasteiger partial charge on any atom is -0.472 e. The highest BCUT2D eigenvalue weighted by Gasteiger charge is 2.16. The maximum absolute atomic E-state index is 11.5. The molecule has 2 aromatic rings. The zero-order valence-electron chi connectivity index (χ0n) is 8.73. The Morgan fingerprint density at radius 2 is 2.44 bits per heavy atom. The first-order valence-electron chi connectivity index (χ1n) is 4.81. The minimum absolute atomic E-state index is 0.344. The number of hydrogen-bond donors (Lipinski definition) is 1. The minimum atomic E-state index is -0.375. The lowest BCUT2D eigenvalue weighted by Gasteiger charge is -1.98. The molecular formula is C11H11NO3S. The van der Waals surface area contributed by atoms with Gasteiger partial charge in [0, 0.05) is 10.4 Å². The lowest BCUT2D eigenvalue weighted by atomic mass is 10.2. The average Bonchev–Trinajstić information content (AvgIpc) is 2.86. The van der Waals surface area contributed by atoms with Gasteiger partial charge in [-0.1, -0.05) is 0 Å². The normalized spacial score (nSPS) is 10.3. The Balaban J connectivity index is 2.32. The van der Waals surface area contributed by atoms with E-state index in [1.807, 2.05) is 6.07 Å². The molecule has 0 atom stereocenters. The number of anilines is 1. The third kappa shape index (κ3) is 1.94. The van der Waals surface area contributed by atoms with Crippen LogP contribution in [0.25, 0.3) is 10.4 Å². The predicted molar refractivity (Wildman–Crippen MR) is 62.4 cm³/mol. The molecule has 0 aliphatic heterocycles. The van der Waals surface area contributed by atoms with Gasteiger partial charge in [-0.05, 0) is 19.1 Å². The van der Waals surface area contributed by atoms with E-state index in [1.54, 1.807) is 25.5 Å². The number of esters is 1. The molecule has 2 heterocycles. The zero-order chi connectivity index (χ0) is 11.5. The summed E-state index contributed by atoms with van der Waals surface area (Å²) in [5.74, 6) is -0.375. The lowest BCUT2D eigenvalue weighted by molar-refractivity contribution is 0.0533. The Labute approximate surface area is 96.6 Å². The second kappa shape index (κ2) is 4.40. The van der Waals surface area contributed by atoms with Crippen LogP contribution in [0.15, 0.2) is 29.1 Å². The number of hydrogen-bond acceptors (Lipinski definition) is 5. The number of nitrogens with two attached hydrogens (primary N) is 1. The Kier molecular flexibility index (Phi) is 2.96. The summed E-state index contributed by atoms with van der Waals surface area (Å²) in [5.41, 5.74) is 7.11. The summed E-state index contributed by atoms with van der Waals surface area (Å²) in [5, 5.41) is 0. The van der Waals surface area contributed by atoms with Crippen molar-refractivity contribution < 1.29 is 13.9 Å². The van der Waals surface area contributed by atoms with E-state index < -0.39 is 0 Å². The second-order valence-corrected chi connectivity index (χ2v) is 4.18. The first kappa shape index (κ1) is 10.8. The first-order valence-corrected chi connectivity index (χ1v) is 5.63. The summed E-state index contributed by atoms with van der Waals surface area (Å²) in [7, 11) is 0. The van der Waals surface area contributed by atoms with Crippen LogP contribution in [0, 0.1) is 0 Å². The van der Waals surface area contributed by atoms with Crippen LogP contribution in [0.1, 0.15) is 16.6 Å². The van der Waals surface area contributed by atoms with E-state index in [-0.39, 0.29) is 5.97 Å². The predicted octanol–water partition coefficient (Wildman–Crippen LogP) is 2.77. The lowest BCUT2D eigenvalue weighted by Crippen LogP contribution is -2.04. The molecule has 84 valence electrons. The second-order valence-electron chi connectivity index (χ2n) is 3.13. The molecule has 0 radical (unpaired) electrons. The molecule has 0 bridgehead atoms. The molecule has 0 aliphatic rings. The maximum atomic E-state index is 11.5. The molecule has 2 N–H and O–H groups in total. The van der Waals surface area contributed by atoms with E-state index in [4.69, 9.17) is 14.9 Å². The molecule has 0 saturated carbocycles. The quantitative estimate of drug-likeness (QED) is 0.833. The third-order valence-corrected chi connectivity index (χ3v) is 3.21. The number of furan rings is 1. The van der Waals surface area contributed by atoms with Crippen LogP contribution in [0.3, 0.4) is 0 Å². The zero-order valence-corrected chi connectivity index (χ0v) is 9.54. The summed E-state index contributed by atoms with van der Waals surface area (Å²) in [4.78, 5) is 12.9. The molecule has 0 spiro atoms. The molecule has 0 saturated heterocycles. The van der Waals surface area contributed by atoms with Crippen molar-refractivity contribution in [2.24, 2.45) is 0 Å². The van der Waals surface area contributed by atoms with Gasteiger partial charge in [0.1, 0.15) is 4.88 Å². The van der Waals surface area contributed by atoms with Crippen molar-refractivity contribution in [1.29, 1.82) is 0 Å². The molecule has 0 fully saturated rings. The van der Waals surface area contributed by atoms with E-state index in [1.165, 1.54) is 11.3 Å². The highest BCUT2D eigenvalue weighted by Crippen LogP contribution is 2.33. The molecular weight excluding hydrogens is 226 g/mol. The fourth-order valence-corrected chi connectivity index (χ4v) is 2.27. The highest BCUT2D eigenvalue weighted by molar-refractivity contribution is 7.18. The molecule has 16 heavy (non-hydrogen) atoms. The van der Waals surface area contributed by atoms with Crippen LogP contribution in [-0.4, -0.2) is 12.6 Å². The van der Waals surface area contributed by atoms with Crippen LogP contribution in [0.5, 0.6) is 0 Å². The summed E-state index contributed by atoms with van der Waals surface area (Å²) < 4.78 is 9.88. The Hall–Kier alpha value is -1.75. The monoisotopic (exact) mass is 237 g/mol. The fraction of sp³-hybridized carbons (Fsp3) is 0.182. The van der Waals surface area contributed by atoms with E-state index in [0.29, 0.717) is 17.2 Å². The van der Waals surface area contributed by atoms with Crippen LogP contribution in [0.4, 0.5) is 5.69 Å². The molecule has 0 aromatic carbocycles. The molecule has 5 heteroatoms. The van der Waals surface area contributed by atoms with Gasteiger partial charge in [0.2, 0.25) is 0 Å². The van der Waals surface area contributed by atoms with Crippen LogP contribution in [0.2, 0.25) is 0 Å². The maximum Gasteiger partial charge on any atom is 0.350 e. The standard InChI is InChI=1S/C11H11NO3S/c1-2-15-11(13)10-8(12)5-9(16-10)7-3-4-14-6-7/h3-6H,2,12H2,1H3. The molecule has 4 nitrogen and oxygen atoms in total. The molecule has 0 amide bonds. The van der Waals surface area contributed by atoms with Gasteiger partial charge in [-0.25, -0.2) is 4.79 Å². The number of rotatable bonds is 3. The van der Waals surface area contributed by atoms with Gasteiger partial charge < -0.3 is 14.9 Å². The Bertz CT molecular complexity index is 487. The molecule has 0 unspecified atom stereocenters. The van der Waals surface area contributed by atoms with Gasteiger partial charge in [0.15, 0.2) is 0 Å². The summed E-state index contributed by atoms with van der Waals surface area (Å²) in [6, 6.07) is 3.57. The fourth-order valence-electron chi connectivity index (χ4n) is 1.31. The van der Waals surface area contributed by atoms with Crippen molar-refractivity contribution in [2.45, 2.75) is 6.92 Å². The number of nitrogen functional groups attached to an aromatic ring is 1. The highest BCUT2D eigenvalue weighted by atomic mass is 32.1. The topological polar surface area (TPSA) is 65.5 Å². The number of carbonyl (C=O) groups excluding carboxylic acids is 1. The number of carbonyl (C=O) groups is 1. The summed E-state index contributed by atoms with van der Waals surface area (Å²) >= 11 is 1.31. The smallest absolute Gasteiger partial charge is 0.350 e. The van der Waals surface area contributed by atoms with E-state index in [0.717, 1.165) is 10.4 Å². The van der Waals surface area contributed by atoms with Crippen molar-refractivity contribution in [1.82, 2.24) is 0 Å². The summed E-state index contributed by atoms with van der Waals surface area (Å²) in [6.07, 6.45) is 3.19. The van der Waals surface area contributed by atoms with Gasteiger partial charge in [-0.15, -0.1) is 11.3 Å². The van der Waals surface area contributed by atoms with Crippen molar-refractivity contribution >= 4 is 23.0 Å². The van der Waals surface area contributed by atoms with E-state index in [9.17, 15) is 4.79 Å². The van der Waals surface area contributed by atoms with Gasteiger partial charge in [-0.2, -0.15) is 0 Å². The van der Waals surface area contributed by atoms with E-state index >= 15 is 0 Å². The van der Waals surface area contributed by atoms with Crippen molar-refractivity contribution in [3.05, 3.63) is 29.5 Å². The van der Waals surface area contributed by atoms with Crippen molar-refractivity contribution in [3.8, 4) is 10.4 Å². The van der Waals surface area contributed by atoms with Crippen molar-refractivity contribution in [3.63, 3.8) is 0 Å². The Morgan fingerprint density at radius 3 is 3.06 bits per heavy atom. The largest absolute Gasteiger partial charge is 0.472 e. The van der Waals surface area contributed by atoms with Gasteiger partial charge >= 0.3 is 5.97 Å². The van der Waals surface area contributed by atoms with Gasteiger partial charge in [0.05, 0.1) is 24.8 Å². The number of ether oxygens (including phenoxy) is 1. The molecule has 2 rings (SSSR count). The van der Waals surface area contributed by atoms with Crippen LogP contribution < -0.4 is 5.73 Å². The SMILES string of the molecule is CCOC(=O)c1sc(-c2ccoc2)cc1N. The Morgan fingerprint density at radius 1 is 1.62 bits per heavy atom. The third-order valence-electron chi connectivity index (χ3n) is 2.03. The summed E-state index contributed by atoms with van der Waals surface area (Å²) in [6.45, 7) is 2.11. The van der Waals surface area contributed by atoms with Gasteiger partial charge in [-0.3, -0.25) is 0 Å². The average molecular weight is 237 g/mol. The van der Waals surface area contributed by atoms with E-state index in [2.05, 4.69) is 0 Å². The van der Waals surface area contributed by atoms with Crippen LogP contribution in [-0.2, 0) is 4.74 Å². The first-order chi connectivity index (χ1) is 7.72. The number of thiophene rings is 1. The van der Waals surface area contributed by atoms with Gasteiger partial charge in [0.25, 0.3) is 0 Å².